The topological polar surface area (TPSA) is 108 Å². The quantitative estimate of drug-likeness (QED) is 0.576. The third kappa shape index (κ3) is 3.68. The van der Waals surface area contributed by atoms with Gasteiger partial charge in [-0.15, -0.1) is 0 Å². The number of halogens is 1. The molecule has 0 bridgehead atoms. The summed E-state index contributed by atoms with van der Waals surface area (Å²) in [5.74, 6) is 1.39. The van der Waals surface area contributed by atoms with Crippen molar-refractivity contribution in [2.45, 2.75) is 19.4 Å². The first-order chi connectivity index (χ1) is 15.3. The zero-order chi connectivity index (χ0) is 22.5. The molecule has 2 aliphatic rings. The second kappa shape index (κ2) is 8.14. The number of nitrogens with zero attached hydrogens (tertiary/aromatic N) is 6. The first kappa shape index (κ1) is 21.4. The van der Waals surface area contributed by atoms with Crippen molar-refractivity contribution in [1.29, 1.82) is 0 Å². The van der Waals surface area contributed by atoms with Crippen LogP contribution < -0.4 is 9.21 Å². The summed E-state index contributed by atoms with van der Waals surface area (Å²) >= 11 is 6.27. The van der Waals surface area contributed by atoms with Crippen LogP contribution in [-0.4, -0.2) is 78.6 Å². The molecule has 5 rings (SSSR count). The standard InChI is InChI=1S/C20H24ClN7O3S/c1-13-12-31-9-8-27(13)17-11-18(28-7-3-6-26(2)32(28,29)30)25-20(24-17)15-10-16(21)23-19-14(15)4-5-22-19/h4-5,10-11,13H,3,6-9,12H2,1-2H3,(H,22,23). The molecule has 2 aliphatic heterocycles. The summed E-state index contributed by atoms with van der Waals surface area (Å²) in [5, 5.41) is 1.11. The number of hydrogen-bond acceptors (Lipinski definition) is 7. The minimum absolute atomic E-state index is 0.0910. The van der Waals surface area contributed by atoms with Gasteiger partial charge in [-0.25, -0.2) is 19.3 Å². The van der Waals surface area contributed by atoms with Crippen molar-refractivity contribution < 1.29 is 13.2 Å². The van der Waals surface area contributed by atoms with Crippen molar-refractivity contribution >= 4 is 44.5 Å². The van der Waals surface area contributed by atoms with Crippen molar-refractivity contribution in [1.82, 2.24) is 24.2 Å². The van der Waals surface area contributed by atoms with Crippen molar-refractivity contribution in [2.24, 2.45) is 0 Å². The molecule has 3 aromatic rings. The molecule has 10 nitrogen and oxygen atoms in total. The normalized spacial score (nSPS) is 21.9. The van der Waals surface area contributed by atoms with Gasteiger partial charge in [-0.2, -0.15) is 12.7 Å². The van der Waals surface area contributed by atoms with E-state index in [1.54, 1.807) is 25.4 Å². The van der Waals surface area contributed by atoms with Gasteiger partial charge in [0.1, 0.15) is 22.4 Å². The SMILES string of the molecule is CC1COCCN1c1cc(N2CCCN(C)S2(=O)=O)nc(-c2cc(Cl)nc3[nH]ccc23)n1. The van der Waals surface area contributed by atoms with Crippen LogP contribution >= 0.6 is 11.6 Å². The van der Waals surface area contributed by atoms with Gasteiger partial charge in [0.05, 0.1) is 19.3 Å². The van der Waals surface area contributed by atoms with Crippen molar-refractivity contribution in [3.8, 4) is 11.4 Å². The van der Waals surface area contributed by atoms with Gasteiger partial charge in [-0.1, -0.05) is 11.6 Å². The number of rotatable bonds is 3. The van der Waals surface area contributed by atoms with E-state index in [1.807, 2.05) is 6.07 Å². The number of fused-ring (bicyclic) bond motifs is 1. The Hall–Kier alpha value is -2.47. The van der Waals surface area contributed by atoms with E-state index in [2.05, 4.69) is 21.8 Å². The molecule has 5 heterocycles. The maximum absolute atomic E-state index is 13.1. The molecule has 2 saturated heterocycles. The molecule has 2 fully saturated rings. The van der Waals surface area contributed by atoms with Crippen LogP contribution in [0.25, 0.3) is 22.4 Å². The fraction of sp³-hybridized carbons (Fsp3) is 0.450. The minimum Gasteiger partial charge on any atom is -0.377 e. The summed E-state index contributed by atoms with van der Waals surface area (Å²) in [5.41, 5.74) is 1.31. The fourth-order valence-corrected chi connectivity index (χ4v) is 5.72. The molecule has 0 amide bonds. The van der Waals surface area contributed by atoms with Gasteiger partial charge in [0.25, 0.3) is 0 Å². The highest BCUT2D eigenvalue weighted by atomic mass is 35.5. The molecule has 0 aromatic carbocycles. The average molecular weight is 478 g/mol. The van der Waals surface area contributed by atoms with Gasteiger partial charge in [-0.3, -0.25) is 0 Å². The van der Waals surface area contributed by atoms with E-state index >= 15 is 0 Å². The molecular weight excluding hydrogens is 454 g/mol. The summed E-state index contributed by atoms with van der Waals surface area (Å²) in [6.45, 7) is 4.70. The van der Waals surface area contributed by atoms with Crippen LogP contribution in [0.1, 0.15) is 13.3 Å². The number of hydrogen-bond donors (Lipinski definition) is 1. The number of nitrogens with one attached hydrogen (secondary N) is 1. The zero-order valence-corrected chi connectivity index (χ0v) is 19.4. The maximum Gasteiger partial charge on any atom is 0.305 e. The number of pyridine rings is 1. The Bertz CT molecular complexity index is 1270. The van der Waals surface area contributed by atoms with Gasteiger partial charge >= 0.3 is 10.2 Å². The number of aromatic amines is 1. The van der Waals surface area contributed by atoms with Crippen LogP contribution in [0, 0.1) is 0 Å². The lowest BCUT2D eigenvalue weighted by Gasteiger charge is -2.36. The molecule has 1 unspecified atom stereocenters. The largest absolute Gasteiger partial charge is 0.377 e. The van der Waals surface area contributed by atoms with Crippen molar-refractivity contribution in [3.05, 3.63) is 29.5 Å². The van der Waals surface area contributed by atoms with Crippen LogP contribution in [0.4, 0.5) is 11.6 Å². The molecule has 1 N–H and O–H groups in total. The minimum atomic E-state index is -3.67. The summed E-state index contributed by atoms with van der Waals surface area (Å²) in [6, 6.07) is 5.43. The molecule has 12 heteroatoms. The van der Waals surface area contributed by atoms with E-state index in [-0.39, 0.29) is 6.04 Å². The lowest BCUT2D eigenvalue weighted by molar-refractivity contribution is 0.0985. The van der Waals surface area contributed by atoms with E-state index in [0.29, 0.717) is 73.1 Å². The number of aromatic nitrogens is 4. The van der Waals surface area contributed by atoms with Crippen LogP contribution in [0.2, 0.25) is 5.15 Å². The third-order valence-electron chi connectivity index (χ3n) is 5.86. The molecular formula is C20H24ClN7O3S. The Morgan fingerprint density at radius 2 is 1.97 bits per heavy atom. The Balaban J connectivity index is 1.71. The van der Waals surface area contributed by atoms with Crippen molar-refractivity contribution in [2.75, 3.05) is 49.1 Å². The Morgan fingerprint density at radius 1 is 1.16 bits per heavy atom. The van der Waals surface area contributed by atoms with E-state index in [4.69, 9.17) is 26.3 Å². The Morgan fingerprint density at radius 3 is 2.78 bits per heavy atom. The summed E-state index contributed by atoms with van der Waals surface area (Å²) in [6.07, 6.45) is 2.48. The van der Waals surface area contributed by atoms with Gasteiger partial charge in [0, 0.05) is 49.9 Å². The van der Waals surface area contributed by atoms with E-state index in [0.717, 1.165) is 5.39 Å². The third-order valence-corrected chi connectivity index (χ3v) is 7.95. The molecule has 3 aromatic heterocycles. The Labute approximate surface area is 191 Å². The fourth-order valence-electron chi connectivity index (χ4n) is 4.14. The predicted octanol–water partition coefficient (Wildman–Crippen LogP) is 2.29. The molecule has 0 spiro atoms. The molecule has 170 valence electrons. The monoisotopic (exact) mass is 477 g/mol. The van der Waals surface area contributed by atoms with Gasteiger partial charge in [-0.05, 0) is 25.5 Å². The molecule has 0 saturated carbocycles. The average Bonchev–Trinajstić information content (AvgIpc) is 3.23. The van der Waals surface area contributed by atoms with Crippen molar-refractivity contribution in [3.63, 3.8) is 0 Å². The number of H-pyrrole nitrogens is 1. The highest BCUT2D eigenvalue weighted by Crippen LogP contribution is 2.33. The predicted molar refractivity (Wildman–Crippen MR) is 123 cm³/mol. The zero-order valence-electron chi connectivity index (χ0n) is 17.8. The molecule has 1 atom stereocenters. The smallest absolute Gasteiger partial charge is 0.305 e. The molecule has 0 radical (unpaired) electrons. The van der Waals surface area contributed by atoms with Gasteiger partial charge < -0.3 is 14.6 Å². The number of morpholine rings is 1. The maximum atomic E-state index is 13.1. The van der Waals surface area contributed by atoms with Crippen LogP contribution in [0.5, 0.6) is 0 Å². The second-order valence-electron chi connectivity index (χ2n) is 8.01. The number of ether oxygens (including phenoxy) is 1. The van der Waals surface area contributed by atoms with Crippen LogP contribution in [0.15, 0.2) is 24.4 Å². The lowest BCUT2D eigenvalue weighted by Crippen LogP contribution is -2.48. The first-order valence-electron chi connectivity index (χ1n) is 10.5. The van der Waals surface area contributed by atoms with E-state index in [1.165, 1.54) is 8.61 Å². The summed E-state index contributed by atoms with van der Waals surface area (Å²) < 4.78 is 34.4. The second-order valence-corrected chi connectivity index (χ2v) is 10.4. The highest BCUT2D eigenvalue weighted by molar-refractivity contribution is 7.90. The van der Waals surface area contributed by atoms with Gasteiger partial charge in [0.2, 0.25) is 0 Å². The highest BCUT2D eigenvalue weighted by Gasteiger charge is 2.33. The number of anilines is 2. The van der Waals surface area contributed by atoms with E-state index in [9.17, 15) is 8.42 Å². The van der Waals surface area contributed by atoms with Crippen LogP contribution in [-0.2, 0) is 14.9 Å². The Kier molecular flexibility index (Phi) is 5.44. The summed E-state index contributed by atoms with van der Waals surface area (Å²) in [4.78, 5) is 19.0. The van der Waals surface area contributed by atoms with Crippen LogP contribution in [0.3, 0.4) is 0 Å². The van der Waals surface area contributed by atoms with E-state index < -0.39 is 10.2 Å². The first-order valence-corrected chi connectivity index (χ1v) is 12.2. The molecule has 0 aliphatic carbocycles. The molecule has 32 heavy (non-hydrogen) atoms. The summed E-state index contributed by atoms with van der Waals surface area (Å²) in [7, 11) is -2.08. The van der Waals surface area contributed by atoms with Gasteiger partial charge in [0.15, 0.2) is 5.82 Å². The lowest BCUT2D eigenvalue weighted by atomic mass is 10.1.